The maximum atomic E-state index is 4.15. The van der Waals surface area contributed by atoms with Crippen LogP contribution < -0.4 is 21.0 Å². The highest BCUT2D eigenvalue weighted by Gasteiger charge is 2.37. The van der Waals surface area contributed by atoms with Gasteiger partial charge in [-0.3, -0.25) is 0 Å². The van der Waals surface area contributed by atoms with Crippen molar-refractivity contribution in [2.45, 2.75) is 38.7 Å². The summed E-state index contributed by atoms with van der Waals surface area (Å²) in [5.41, 5.74) is 4.33. The van der Waals surface area contributed by atoms with Gasteiger partial charge in [0.15, 0.2) is 0 Å². The van der Waals surface area contributed by atoms with Crippen LogP contribution in [0.5, 0.6) is 0 Å². The van der Waals surface area contributed by atoms with E-state index in [0.717, 1.165) is 0 Å². The average molecular weight is 403 g/mol. The van der Waals surface area contributed by atoms with Crippen LogP contribution in [0, 0.1) is 0 Å². The van der Waals surface area contributed by atoms with Crippen LogP contribution in [0.2, 0.25) is 38.7 Å². The predicted octanol–water partition coefficient (Wildman–Crippen LogP) is 4.33. The Hall–Kier alpha value is -1.88. The Morgan fingerprint density at radius 3 is 1.18 bits per heavy atom. The van der Waals surface area contributed by atoms with E-state index in [1.165, 1.54) is 22.3 Å². The zero-order valence-corrected chi connectivity index (χ0v) is 19.9. The lowest BCUT2D eigenvalue weighted by Crippen LogP contribution is -2.73. The quantitative estimate of drug-likeness (QED) is 0.580. The van der Waals surface area contributed by atoms with Gasteiger partial charge >= 0.3 is 0 Å². The van der Waals surface area contributed by atoms with Gasteiger partial charge in [-0.25, -0.2) is 16.4 Å². The zero-order chi connectivity index (χ0) is 20.3. The van der Waals surface area contributed by atoms with Crippen molar-refractivity contribution in [2.75, 3.05) is 0 Å². The number of benzene rings is 3. The van der Waals surface area contributed by atoms with Crippen LogP contribution in [0.3, 0.4) is 0 Å². The highest BCUT2D eigenvalue weighted by atomic mass is 28.4. The molecule has 3 aromatic carbocycles. The molecule has 0 aliphatic heterocycles. The van der Waals surface area contributed by atoms with E-state index < -0.39 is 22.6 Å². The predicted molar refractivity (Wildman–Crippen MR) is 133 cm³/mol. The summed E-state index contributed by atoms with van der Waals surface area (Å²) in [4.78, 5) is 0. The summed E-state index contributed by atoms with van der Waals surface area (Å²) in [5, 5.41) is 0. The second-order valence-corrected chi connectivity index (χ2v) is 19.4. The Bertz CT molecular complexity index is 778. The number of hydrogen-bond acceptors (Lipinski definition) is 1. The first kappa shape index (κ1) is 20.8. The second-order valence-electron chi connectivity index (χ2n) is 9.74. The lowest BCUT2D eigenvalue weighted by molar-refractivity contribution is 1.28. The second kappa shape index (κ2) is 8.24. The van der Waals surface area contributed by atoms with E-state index in [2.05, 4.69) is 128 Å². The van der Waals surface area contributed by atoms with E-state index in [-0.39, 0.29) is 0 Å². The summed E-state index contributed by atoms with van der Waals surface area (Å²) >= 11 is 0. The number of rotatable bonds is 7. The molecule has 1 N–H and O–H groups in total. The Labute approximate surface area is 173 Å². The van der Waals surface area contributed by atoms with Gasteiger partial charge in [-0.15, -0.1) is 0 Å². The molecule has 0 heterocycles. The van der Waals surface area contributed by atoms with E-state index in [1.807, 2.05) is 0 Å². The monoisotopic (exact) mass is 402 g/mol. The SMILES string of the molecule is C[Si](C)(C)N[Si](C)(C)C[B-](c1ccccc1)(c1ccccc1)c1ccccc1. The maximum Gasteiger partial charge on any atom is 0.109 e. The molecule has 0 unspecified atom stereocenters. The van der Waals surface area contributed by atoms with Crippen LogP contribution in [0.4, 0.5) is 0 Å². The normalized spacial score (nSPS) is 12.8. The van der Waals surface area contributed by atoms with E-state index in [0.29, 0.717) is 0 Å². The minimum absolute atomic E-state index is 1.04. The largest absolute Gasteiger partial charge is 0.362 e. The molecule has 28 heavy (non-hydrogen) atoms. The smallest absolute Gasteiger partial charge is 0.109 e. The fourth-order valence-electron chi connectivity index (χ4n) is 5.11. The van der Waals surface area contributed by atoms with Crippen molar-refractivity contribution < 1.29 is 0 Å². The fraction of sp³-hybridized carbons (Fsp3) is 0.250. The highest BCUT2D eigenvalue weighted by Crippen LogP contribution is 2.21. The molecule has 3 rings (SSSR count). The van der Waals surface area contributed by atoms with E-state index in [1.54, 1.807) is 0 Å². The summed E-state index contributed by atoms with van der Waals surface area (Å²) in [5.74, 6) is 1.19. The van der Waals surface area contributed by atoms with Gasteiger partial charge in [0.05, 0.1) is 14.4 Å². The lowest BCUT2D eigenvalue weighted by atomic mass is 9.17. The minimum Gasteiger partial charge on any atom is -0.362 e. The molecule has 1 nitrogen and oxygen atoms in total. The lowest BCUT2D eigenvalue weighted by Gasteiger charge is -2.49. The molecule has 0 aliphatic carbocycles. The molecule has 0 aromatic heterocycles. The fourth-order valence-corrected chi connectivity index (χ4v) is 15.9. The van der Waals surface area contributed by atoms with Crippen molar-refractivity contribution in [1.82, 2.24) is 4.65 Å². The first-order chi connectivity index (χ1) is 13.2. The van der Waals surface area contributed by atoms with Crippen LogP contribution in [-0.2, 0) is 0 Å². The molecule has 4 heteroatoms. The van der Waals surface area contributed by atoms with Gasteiger partial charge < -0.3 is 4.65 Å². The standard InChI is InChI=1S/C24H33BNSi2/c1-27(2,3)26-28(4,5)21-25(22-15-9-6-10-16-22,23-17-11-7-12-18-23)24-19-13-8-14-20-24/h6-20,26H,21H2,1-5H3/q-1. The van der Waals surface area contributed by atoms with E-state index in [4.69, 9.17) is 0 Å². The van der Waals surface area contributed by atoms with Gasteiger partial charge in [0, 0.05) is 0 Å². The average Bonchev–Trinajstić information content (AvgIpc) is 2.66. The minimum atomic E-state index is -1.68. The van der Waals surface area contributed by atoms with Crippen molar-refractivity contribution >= 4 is 39.0 Å². The Balaban J connectivity index is 2.25. The van der Waals surface area contributed by atoms with Crippen molar-refractivity contribution in [3.8, 4) is 0 Å². The van der Waals surface area contributed by atoms with Crippen LogP contribution in [0.25, 0.3) is 0 Å². The van der Waals surface area contributed by atoms with Crippen LogP contribution in [0.1, 0.15) is 0 Å². The molecular weight excluding hydrogens is 369 g/mol. The van der Waals surface area contributed by atoms with Gasteiger partial charge in [0.1, 0.15) is 8.24 Å². The molecule has 0 amide bonds. The molecule has 0 saturated heterocycles. The zero-order valence-electron chi connectivity index (χ0n) is 17.9. The molecular formula is C24H33BNSi2-. The summed E-state index contributed by atoms with van der Waals surface area (Å²) in [6.45, 7) is 12.3. The van der Waals surface area contributed by atoms with Crippen molar-refractivity contribution in [2.24, 2.45) is 0 Å². The Morgan fingerprint density at radius 2 is 0.893 bits per heavy atom. The van der Waals surface area contributed by atoms with Crippen molar-refractivity contribution in [1.29, 1.82) is 0 Å². The highest BCUT2D eigenvalue weighted by molar-refractivity contribution is 7.18. The van der Waals surface area contributed by atoms with Gasteiger partial charge in [-0.05, 0) is 0 Å². The molecule has 0 aliphatic rings. The summed E-state index contributed by atoms with van der Waals surface area (Å²) in [6.07, 6.45) is -1.04. The molecule has 0 spiro atoms. The number of nitrogens with one attached hydrogen (secondary N) is 1. The van der Waals surface area contributed by atoms with Crippen molar-refractivity contribution in [3.05, 3.63) is 91.0 Å². The van der Waals surface area contributed by atoms with Gasteiger partial charge in [0.25, 0.3) is 0 Å². The van der Waals surface area contributed by atoms with Crippen LogP contribution >= 0.6 is 0 Å². The molecule has 0 bridgehead atoms. The molecule has 146 valence electrons. The third-order valence-corrected chi connectivity index (χ3v) is 13.0. The van der Waals surface area contributed by atoms with Gasteiger partial charge in [-0.2, -0.15) is 5.94 Å². The van der Waals surface area contributed by atoms with E-state index in [9.17, 15) is 0 Å². The first-order valence-corrected chi connectivity index (χ1v) is 17.1. The van der Waals surface area contributed by atoms with E-state index >= 15 is 0 Å². The Morgan fingerprint density at radius 1 is 0.571 bits per heavy atom. The number of hydrogen-bond donors (Lipinski definition) is 1. The molecule has 0 fully saturated rings. The van der Waals surface area contributed by atoms with Crippen LogP contribution in [0.15, 0.2) is 91.0 Å². The van der Waals surface area contributed by atoms with Gasteiger partial charge in [0.2, 0.25) is 0 Å². The Kier molecular flexibility index (Phi) is 6.13. The maximum absolute atomic E-state index is 4.15. The summed E-state index contributed by atoms with van der Waals surface area (Å²) < 4.78 is 4.15. The molecule has 0 atom stereocenters. The summed E-state index contributed by atoms with van der Waals surface area (Å²) in [7, 11) is -3.06. The molecule has 3 aromatic rings. The molecule has 0 saturated carbocycles. The van der Waals surface area contributed by atoms with Gasteiger partial charge in [-0.1, -0.05) is 124 Å². The molecule has 0 radical (unpaired) electrons. The summed E-state index contributed by atoms with van der Waals surface area (Å²) in [6, 6.07) is 33.5. The van der Waals surface area contributed by atoms with Crippen molar-refractivity contribution in [3.63, 3.8) is 0 Å². The topological polar surface area (TPSA) is 12.0 Å². The third kappa shape index (κ3) is 4.75. The van der Waals surface area contributed by atoms with Crippen LogP contribution in [-0.4, -0.2) is 22.6 Å². The third-order valence-electron chi connectivity index (χ3n) is 5.64. The first-order valence-electron chi connectivity index (χ1n) is 10.4.